The van der Waals surface area contributed by atoms with E-state index in [2.05, 4.69) is 105 Å². The molecule has 0 unspecified atom stereocenters. The molecule has 0 amide bonds. The van der Waals surface area contributed by atoms with Crippen LogP contribution in [-0.2, 0) is 7.05 Å². The molecule has 0 bridgehead atoms. The first-order valence-electron chi connectivity index (χ1n) is 12.3. The van der Waals surface area contributed by atoms with Crippen LogP contribution in [0.1, 0.15) is 36.5 Å². The molecule has 0 atom stereocenters. The van der Waals surface area contributed by atoms with Crippen molar-refractivity contribution < 1.29 is 8.98 Å². The number of aryl methyl sites for hydroxylation is 2. The van der Waals surface area contributed by atoms with E-state index in [9.17, 15) is 5.26 Å². The van der Waals surface area contributed by atoms with Crippen LogP contribution in [0.5, 0.6) is 0 Å². The van der Waals surface area contributed by atoms with Gasteiger partial charge >= 0.3 is 0 Å². The summed E-state index contributed by atoms with van der Waals surface area (Å²) in [5.74, 6) is 0.525. The number of hydrogen-bond donors (Lipinski definition) is 0. The highest BCUT2D eigenvalue weighted by molar-refractivity contribution is 6.06. The highest BCUT2D eigenvalue weighted by Gasteiger charge is 2.19. The molecule has 4 aromatic carbocycles. The first-order valence-corrected chi connectivity index (χ1v) is 12.3. The molecule has 0 saturated carbocycles. The average molecular weight is 468 g/mol. The summed E-state index contributed by atoms with van der Waals surface area (Å²) < 4.78 is 8.45. The van der Waals surface area contributed by atoms with Crippen molar-refractivity contribution >= 4 is 32.8 Å². The van der Waals surface area contributed by atoms with Crippen LogP contribution in [0.25, 0.3) is 55.2 Å². The Morgan fingerprint density at radius 3 is 2.25 bits per heavy atom. The fraction of sp³-hybridized carbons (Fsp3) is 0.152. The molecule has 3 heteroatoms. The van der Waals surface area contributed by atoms with E-state index in [1.54, 1.807) is 0 Å². The van der Waals surface area contributed by atoms with Crippen LogP contribution in [0.3, 0.4) is 0 Å². The second kappa shape index (κ2) is 8.36. The van der Waals surface area contributed by atoms with Crippen molar-refractivity contribution in [3.63, 3.8) is 0 Å². The van der Waals surface area contributed by atoms with E-state index in [0.29, 0.717) is 11.5 Å². The third kappa shape index (κ3) is 3.54. The maximum atomic E-state index is 9.26. The van der Waals surface area contributed by atoms with Gasteiger partial charge in [-0.1, -0.05) is 44.2 Å². The minimum Gasteiger partial charge on any atom is -0.456 e. The Bertz CT molecular complexity index is 1830. The van der Waals surface area contributed by atoms with Gasteiger partial charge in [-0.3, -0.25) is 0 Å². The summed E-state index contributed by atoms with van der Waals surface area (Å²) in [4.78, 5) is 0. The van der Waals surface area contributed by atoms with E-state index in [1.807, 2.05) is 18.2 Å². The largest absolute Gasteiger partial charge is 0.456 e. The predicted octanol–water partition coefficient (Wildman–Crippen LogP) is 8.20. The number of fused-ring (bicyclic) bond motifs is 4. The summed E-state index contributed by atoms with van der Waals surface area (Å²) >= 11 is 0. The van der Waals surface area contributed by atoms with E-state index in [-0.39, 0.29) is 0 Å². The Morgan fingerprint density at radius 2 is 1.50 bits per heavy atom. The second-order valence-electron chi connectivity index (χ2n) is 9.92. The maximum Gasteiger partial charge on any atom is 0.213 e. The van der Waals surface area contributed by atoms with E-state index < -0.39 is 0 Å². The van der Waals surface area contributed by atoms with Crippen LogP contribution in [0.4, 0.5) is 0 Å². The maximum absolute atomic E-state index is 9.26. The summed E-state index contributed by atoms with van der Waals surface area (Å²) in [5, 5.41) is 12.6. The van der Waals surface area contributed by atoms with Crippen molar-refractivity contribution in [2.24, 2.45) is 7.05 Å². The fourth-order valence-electron chi connectivity index (χ4n) is 5.17. The third-order valence-corrected chi connectivity index (χ3v) is 7.31. The molecule has 0 spiro atoms. The minimum atomic E-state index is 0.525. The minimum absolute atomic E-state index is 0.525. The molecule has 3 nitrogen and oxygen atoms in total. The van der Waals surface area contributed by atoms with Crippen molar-refractivity contribution in [1.29, 1.82) is 5.26 Å². The van der Waals surface area contributed by atoms with Crippen LogP contribution in [-0.4, -0.2) is 0 Å². The van der Waals surface area contributed by atoms with Gasteiger partial charge in [0.25, 0.3) is 0 Å². The van der Waals surface area contributed by atoms with Gasteiger partial charge in [-0.2, -0.15) is 9.83 Å². The number of nitriles is 1. The lowest BCUT2D eigenvalue weighted by Gasteiger charge is -2.09. The Hall–Kier alpha value is -4.42. The van der Waals surface area contributed by atoms with E-state index in [4.69, 9.17) is 4.42 Å². The molecule has 0 aliphatic rings. The van der Waals surface area contributed by atoms with Crippen LogP contribution < -0.4 is 4.57 Å². The number of aromatic nitrogens is 1. The molecule has 6 aromatic rings. The van der Waals surface area contributed by atoms with Crippen molar-refractivity contribution in [2.75, 3.05) is 0 Å². The quantitative estimate of drug-likeness (QED) is 0.246. The molecule has 0 saturated heterocycles. The number of pyridine rings is 1. The normalized spacial score (nSPS) is 11.6. The highest BCUT2D eigenvalue weighted by atomic mass is 16.3. The van der Waals surface area contributed by atoms with Gasteiger partial charge in [-0.15, -0.1) is 0 Å². The standard InChI is InChI=1S/C33H27N2O/c1-20(2)23-6-8-24(9-7-23)26-11-10-25-12-14-30(35(4)31(25)17-26)28-18-33-29(15-21(28)3)27-13-5-22(19-34)16-32(27)36-33/h5-18,20H,1-4H3/q+1. The summed E-state index contributed by atoms with van der Waals surface area (Å²) in [5.41, 5.74) is 10.6. The summed E-state index contributed by atoms with van der Waals surface area (Å²) in [6.45, 7) is 6.59. The van der Waals surface area contributed by atoms with Gasteiger partial charge in [0, 0.05) is 28.3 Å². The topological polar surface area (TPSA) is 40.8 Å². The number of furan rings is 1. The SMILES string of the molecule is Cc1cc2c(cc1-c1ccc3ccc(-c4ccc(C(C)C)cc4)cc3[n+]1C)oc1cc(C#N)ccc12. The molecule has 0 aliphatic carbocycles. The van der Waals surface area contributed by atoms with Crippen molar-refractivity contribution in [1.82, 2.24) is 0 Å². The first-order chi connectivity index (χ1) is 17.4. The Morgan fingerprint density at radius 1 is 0.778 bits per heavy atom. The van der Waals surface area contributed by atoms with Gasteiger partial charge in [0.15, 0.2) is 0 Å². The molecule has 6 rings (SSSR count). The number of hydrogen-bond acceptors (Lipinski definition) is 2. The van der Waals surface area contributed by atoms with Gasteiger partial charge in [0.1, 0.15) is 18.2 Å². The zero-order chi connectivity index (χ0) is 25.0. The molecule has 0 aliphatic heterocycles. The molecule has 36 heavy (non-hydrogen) atoms. The molecular weight excluding hydrogens is 440 g/mol. The second-order valence-corrected chi connectivity index (χ2v) is 9.92. The van der Waals surface area contributed by atoms with E-state index in [1.165, 1.54) is 33.2 Å². The summed E-state index contributed by atoms with van der Waals surface area (Å²) in [6.07, 6.45) is 0. The highest BCUT2D eigenvalue weighted by Crippen LogP contribution is 2.35. The van der Waals surface area contributed by atoms with Crippen LogP contribution in [0.2, 0.25) is 0 Å². The lowest BCUT2D eigenvalue weighted by molar-refractivity contribution is -0.633. The lowest BCUT2D eigenvalue weighted by Crippen LogP contribution is -2.32. The van der Waals surface area contributed by atoms with Crippen LogP contribution >= 0.6 is 0 Å². The first kappa shape index (κ1) is 22.1. The molecule has 0 N–H and O–H groups in total. The van der Waals surface area contributed by atoms with Crippen molar-refractivity contribution in [2.45, 2.75) is 26.7 Å². The van der Waals surface area contributed by atoms with Gasteiger partial charge < -0.3 is 4.42 Å². The van der Waals surface area contributed by atoms with Crippen LogP contribution in [0.15, 0.2) is 89.3 Å². The lowest BCUT2D eigenvalue weighted by atomic mass is 9.97. The number of benzene rings is 4. The fourth-order valence-corrected chi connectivity index (χ4v) is 5.17. The van der Waals surface area contributed by atoms with Gasteiger partial charge in [0.05, 0.1) is 17.2 Å². The van der Waals surface area contributed by atoms with Gasteiger partial charge in [-0.25, -0.2) is 0 Å². The Labute approximate surface area is 210 Å². The Kier molecular flexibility index (Phi) is 5.12. The molecular formula is C33H27N2O+. The van der Waals surface area contributed by atoms with E-state index >= 15 is 0 Å². The van der Waals surface area contributed by atoms with Gasteiger partial charge in [-0.05, 0) is 77.6 Å². The summed E-state index contributed by atoms with van der Waals surface area (Å²) in [7, 11) is 2.13. The molecule has 0 fully saturated rings. The third-order valence-electron chi connectivity index (χ3n) is 7.31. The van der Waals surface area contributed by atoms with Gasteiger partial charge in [0.2, 0.25) is 11.2 Å². The Balaban J connectivity index is 1.49. The van der Waals surface area contributed by atoms with Crippen molar-refractivity contribution in [3.05, 3.63) is 102 Å². The molecule has 0 radical (unpaired) electrons. The van der Waals surface area contributed by atoms with E-state index in [0.717, 1.165) is 33.2 Å². The van der Waals surface area contributed by atoms with Crippen LogP contribution in [0, 0.1) is 18.3 Å². The number of nitrogens with zero attached hydrogens (tertiary/aromatic N) is 2. The summed E-state index contributed by atoms with van der Waals surface area (Å²) in [6, 6.07) is 32.1. The monoisotopic (exact) mass is 467 g/mol. The van der Waals surface area contributed by atoms with Crippen molar-refractivity contribution in [3.8, 4) is 28.5 Å². The molecule has 2 aromatic heterocycles. The smallest absolute Gasteiger partial charge is 0.213 e. The number of rotatable bonds is 3. The molecule has 2 heterocycles. The average Bonchev–Trinajstić information content (AvgIpc) is 3.25. The predicted molar refractivity (Wildman–Crippen MR) is 147 cm³/mol. The zero-order valence-corrected chi connectivity index (χ0v) is 21.0. The zero-order valence-electron chi connectivity index (χ0n) is 21.0. The molecule has 174 valence electrons.